The van der Waals surface area contributed by atoms with Gasteiger partial charge in [0.1, 0.15) is 23.7 Å². The number of hydrogen-bond acceptors (Lipinski definition) is 5. The van der Waals surface area contributed by atoms with Crippen molar-refractivity contribution in [2.24, 2.45) is 0 Å². The van der Waals surface area contributed by atoms with Crippen molar-refractivity contribution in [2.45, 2.75) is 12.8 Å². The van der Waals surface area contributed by atoms with Gasteiger partial charge >= 0.3 is 0 Å². The van der Waals surface area contributed by atoms with Gasteiger partial charge in [-0.3, -0.25) is 0 Å². The van der Waals surface area contributed by atoms with Crippen molar-refractivity contribution >= 4 is 34.6 Å². The van der Waals surface area contributed by atoms with Gasteiger partial charge in [-0.05, 0) is 42.7 Å². The molecular weight excluding hydrogens is 348 g/mol. The lowest BCUT2D eigenvalue weighted by molar-refractivity contribution is 0.415. The van der Waals surface area contributed by atoms with E-state index in [-0.39, 0.29) is 0 Å². The second kappa shape index (κ2) is 7.22. The van der Waals surface area contributed by atoms with Crippen molar-refractivity contribution in [3.8, 4) is 5.75 Å². The van der Waals surface area contributed by atoms with E-state index in [4.69, 9.17) is 16.3 Å². The number of hydrogen-bond donors (Lipinski definition) is 1. The molecule has 0 radical (unpaired) electrons. The van der Waals surface area contributed by atoms with Crippen LogP contribution in [-0.4, -0.2) is 23.6 Å². The Morgan fingerprint density at radius 3 is 2.85 bits per heavy atom. The molecule has 0 spiro atoms. The van der Waals surface area contributed by atoms with Gasteiger partial charge in [0.25, 0.3) is 0 Å². The Hall–Kier alpha value is -2.79. The highest BCUT2D eigenvalue weighted by Gasteiger charge is 2.19. The number of benzene rings is 2. The standard InChI is InChI=1S/C20H19ClN4O/c1-26-18-9-8-15(11-16(18)21)24-19-12-20(23-13-22-19)25-10-4-6-14-5-2-3-7-17(14)25/h2-3,5,7-9,11-13H,4,6,10H2,1H3,(H,22,23,24). The minimum absolute atomic E-state index is 0.553. The Balaban J connectivity index is 1.61. The zero-order chi connectivity index (χ0) is 17.9. The van der Waals surface area contributed by atoms with Crippen molar-refractivity contribution in [1.82, 2.24) is 9.97 Å². The summed E-state index contributed by atoms with van der Waals surface area (Å²) in [5, 5.41) is 3.83. The van der Waals surface area contributed by atoms with Crippen molar-refractivity contribution in [3.63, 3.8) is 0 Å². The zero-order valence-electron chi connectivity index (χ0n) is 14.4. The number of anilines is 4. The van der Waals surface area contributed by atoms with Crippen LogP contribution in [0.3, 0.4) is 0 Å². The summed E-state index contributed by atoms with van der Waals surface area (Å²) in [5.74, 6) is 2.25. The molecule has 5 nitrogen and oxygen atoms in total. The van der Waals surface area contributed by atoms with Crippen LogP contribution < -0.4 is 15.0 Å². The molecule has 1 N–H and O–H groups in total. The fourth-order valence-electron chi connectivity index (χ4n) is 3.23. The van der Waals surface area contributed by atoms with E-state index in [0.29, 0.717) is 10.8 Å². The maximum atomic E-state index is 6.20. The minimum atomic E-state index is 0.553. The number of halogens is 1. The quantitative estimate of drug-likeness (QED) is 0.706. The van der Waals surface area contributed by atoms with Gasteiger partial charge < -0.3 is 15.0 Å². The van der Waals surface area contributed by atoms with Gasteiger partial charge in [-0.15, -0.1) is 0 Å². The Morgan fingerprint density at radius 1 is 1.12 bits per heavy atom. The Labute approximate surface area is 157 Å². The Kier molecular flexibility index (Phi) is 4.63. The van der Waals surface area contributed by atoms with Gasteiger partial charge in [0.05, 0.1) is 12.1 Å². The first-order chi connectivity index (χ1) is 12.7. The van der Waals surface area contributed by atoms with Crippen LogP contribution in [0.2, 0.25) is 5.02 Å². The lowest BCUT2D eigenvalue weighted by Gasteiger charge is -2.30. The lowest BCUT2D eigenvalue weighted by atomic mass is 10.0. The lowest BCUT2D eigenvalue weighted by Crippen LogP contribution is -2.25. The predicted molar refractivity (Wildman–Crippen MR) is 105 cm³/mol. The van der Waals surface area contributed by atoms with E-state index in [0.717, 1.165) is 36.7 Å². The molecule has 0 atom stereocenters. The van der Waals surface area contributed by atoms with Gasteiger partial charge in [0.15, 0.2) is 0 Å². The molecule has 3 aromatic rings. The van der Waals surface area contributed by atoms with E-state index in [2.05, 4.69) is 44.5 Å². The van der Waals surface area contributed by atoms with Gasteiger partial charge in [-0.2, -0.15) is 0 Å². The number of fused-ring (bicyclic) bond motifs is 1. The highest BCUT2D eigenvalue weighted by Crippen LogP contribution is 2.33. The van der Waals surface area contributed by atoms with Crippen LogP contribution in [0.5, 0.6) is 5.75 Å². The number of rotatable bonds is 4. The van der Waals surface area contributed by atoms with Gasteiger partial charge in [0.2, 0.25) is 0 Å². The van der Waals surface area contributed by atoms with Crippen LogP contribution in [0.25, 0.3) is 0 Å². The minimum Gasteiger partial charge on any atom is -0.495 e. The highest BCUT2D eigenvalue weighted by atomic mass is 35.5. The third-order valence-corrected chi connectivity index (χ3v) is 4.76. The average molecular weight is 367 g/mol. The maximum Gasteiger partial charge on any atom is 0.138 e. The smallest absolute Gasteiger partial charge is 0.138 e. The second-order valence-corrected chi connectivity index (χ2v) is 6.53. The number of aryl methyl sites for hydroxylation is 1. The van der Waals surface area contributed by atoms with Crippen molar-refractivity contribution in [3.05, 3.63) is 65.4 Å². The summed E-state index contributed by atoms with van der Waals surface area (Å²) >= 11 is 6.20. The van der Waals surface area contributed by atoms with Crippen molar-refractivity contribution in [1.29, 1.82) is 0 Å². The van der Waals surface area contributed by atoms with Crippen LogP contribution >= 0.6 is 11.6 Å². The molecule has 2 heterocycles. The normalized spacial score (nSPS) is 13.2. The third kappa shape index (κ3) is 3.30. The fourth-order valence-corrected chi connectivity index (χ4v) is 3.48. The molecular formula is C20H19ClN4O. The summed E-state index contributed by atoms with van der Waals surface area (Å²) in [5.41, 5.74) is 3.42. The molecule has 0 saturated heterocycles. The van der Waals surface area contributed by atoms with Crippen molar-refractivity contribution in [2.75, 3.05) is 23.9 Å². The van der Waals surface area contributed by atoms with E-state index in [1.54, 1.807) is 13.4 Å². The Morgan fingerprint density at radius 2 is 2.00 bits per heavy atom. The first-order valence-electron chi connectivity index (χ1n) is 8.52. The highest BCUT2D eigenvalue weighted by molar-refractivity contribution is 6.32. The molecule has 1 aliphatic rings. The molecule has 0 aliphatic carbocycles. The van der Waals surface area contributed by atoms with Crippen LogP contribution in [0.15, 0.2) is 54.9 Å². The first kappa shape index (κ1) is 16.7. The molecule has 0 fully saturated rings. The molecule has 2 aromatic carbocycles. The van der Waals surface area contributed by atoms with Crippen LogP contribution in [0, 0.1) is 0 Å². The SMILES string of the molecule is COc1ccc(Nc2cc(N3CCCc4ccccc43)ncn2)cc1Cl. The van der Waals surface area contributed by atoms with E-state index in [1.165, 1.54) is 11.3 Å². The van der Waals surface area contributed by atoms with Gasteiger partial charge in [-0.1, -0.05) is 29.8 Å². The molecule has 0 bridgehead atoms. The summed E-state index contributed by atoms with van der Waals surface area (Å²) in [7, 11) is 1.60. The molecule has 0 amide bonds. The average Bonchev–Trinajstić information content (AvgIpc) is 2.68. The molecule has 0 unspecified atom stereocenters. The second-order valence-electron chi connectivity index (χ2n) is 6.12. The maximum absolute atomic E-state index is 6.20. The number of nitrogens with zero attached hydrogens (tertiary/aromatic N) is 3. The molecule has 6 heteroatoms. The zero-order valence-corrected chi connectivity index (χ0v) is 15.2. The van der Waals surface area contributed by atoms with E-state index in [9.17, 15) is 0 Å². The topological polar surface area (TPSA) is 50.3 Å². The van der Waals surface area contributed by atoms with Gasteiger partial charge in [-0.25, -0.2) is 9.97 Å². The number of methoxy groups -OCH3 is 1. The van der Waals surface area contributed by atoms with E-state index < -0.39 is 0 Å². The van der Waals surface area contributed by atoms with E-state index in [1.807, 2.05) is 24.3 Å². The molecule has 26 heavy (non-hydrogen) atoms. The Bertz CT molecular complexity index is 931. The summed E-state index contributed by atoms with van der Waals surface area (Å²) in [6.45, 7) is 0.946. The largest absolute Gasteiger partial charge is 0.495 e. The third-order valence-electron chi connectivity index (χ3n) is 4.46. The summed E-state index contributed by atoms with van der Waals surface area (Å²) < 4.78 is 5.19. The molecule has 1 aromatic heterocycles. The number of ether oxygens (including phenoxy) is 1. The first-order valence-corrected chi connectivity index (χ1v) is 8.90. The molecule has 132 valence electrons. The van der Waals surface area contributed by atoms with Crippen LogP contribution in [0.4, 0.5) is 23.0 Å². The number of aromatic nitrogens is 2. The number of nitrogens with one attached hydrogen (secondary N) is 1. The van der Waals surface area contributed by atoms with Crippen molar-refractivity contribution < 1.29 is 4.74 Å². The predicted octanol–water partition coefficient (Wildman–Crippen LogP) is 4.97. The summed E-state index contributed by atoms with van der Waals surface area (Å²) in [6, 6.07) is 16.0. The molecule has 4 rings (SSSR count). The van der Waals surface area contributed by atoms with E-state index >= 15 is 0 Å². The summed E-state index contributed by atoms with van der Waals surface area (Å²) in [6.07, 6.45) is 3.80. The monoisotopic (exact) mass is 366 g/mol. The summed E-state index contributed by atoms with van der Waals surface area (Å²) in [4.78, 5) is 11.1. The fraction of sp³-hybridized carbons (Fsp3) is 0.200. The molecule has 0 saturated carbocycles. The number of para-hydroxylation sites is 1. The van der Waals surface area contributed by atoms with Crippen LogP contribution in [0.1, 0.15) is 12.0 Å². The van der Waals surface area contributed by atoms with Gasteiger partial charge in [0, 0.05) is 24.0 Å². The molecule has 1 aliphatic heterocycles. The van der Waals surface area contributed by atoms with Crippen LogP contribution in [-0.2, 0) is 6.42 Å².